The molecule has 0 saturated heterocycles. The topological polar surface area (TPSA) is 48.3 Å². The number of ether oxygens (including phenoxy) is 1. The van der Waals surface area contributed by atoms with Crippen molar-refractivity contribution < 1.29 is 14.3 Å². The van der Waals surface area contributed by atoms with Crippen LogP contribution >= 0.6 is 11.6 Å². The van der Waals surface area contributed by atoms with E-state index in [0.717, 1.165) is 11.1 Å². The van der Waals surface area contributed by atoms with Crippen molar-refractivity contribution in [3.63, 3.8) is 0 Å². The lowest BCUT2D eigenvalue weighted by Crippen LogP contribution is -2.10. The normalized spacial score (nSPS) is 9.68. The van der Waals surface area contributed by atoms with Crippen LogP contribution in [0.2, 0.25) is 0 Å². The van der Waals surface area contributed by atoms with Gasteiger partial charge in [0.2, 0.25) is 5.78 Å². The van der Waals surface area contributed by atoms with Gasteiger partial charge in [0, 0.05) is 23.1 Å². The van der Waals surface area contributed by atoms with Crippen LogP contribution in [0.25, 0.3) is 10.9 Å². The van der Waals surface area contributed by atoms with Crippen molar-refractivity contribution in [1.82, 2.24) is 4.57 Å². The third kappa shape index (κ3) is 5.02. The van der Waals surface area contributed by atoms with Gasteiger partial charge in [-0.3, -0.25) is 9.59 Å². The summed E-state index contributed by atoms with van der Waals surface area (Å²) in [5.74, 6) is -0.0744. The van der Waals surface area contributed by atoms with E-state index in [0.29, 0.717) is 28.9 Å². The van der Waals surface area contributed by atoms with Gasteiger partial charge in [-0.05, 0) is 42.3 Å². The molecule has 0 N–H and O–H groups in total. The number of halogens is 1. The fourth-order valence-corrected chi connectivity index (χ4v) is 3.04. The quantitative estimate of drug-likeness (QED) is 0.299. The molecule has 0 amide bonds. The number of hydrogen-bond acceptors (Lipinski definition) is 3. The third-order valence-electron chi connectivity index (χ3n) is 4.12. The summed E-state index contributed by atoms with van der Waals surface area (Å²) < 4.78 is 7.26. The highest BCUT2D eigenvalue weighted by Crippen LogP contribution is 2.31. The van der Waals surface area contributed by atoms with Gasteiger partial charge in [0.15, 0.2) is 0 Å². The average Bonchev–Trinajstić information content (AvgIpc) is 3.01. The van der Waals surface area contributed by atoms with Gasteiger partial charge in [-0.2, -0.15) is 0 Å². The fraction of sp³-hybridized carbons (Fsp3) is 0.304. The van der Waals surface area contributed by atoms with Crippen LogP contribution in [0.15, 0.2) is 48.5 Å². The van der Waals surface area contributed by atoms with E-state index in [1.807, 2.05) is 81.7 Å². The van der Waals surface area contributed by atoms with Crippen molar-refractivity contribution in [3.05, 3.63) is 65.4 Å². The Morgan fingerprint density at radius 2 is 1.61 bits per heavy atom. The second-order valence-electron chi connectivity index (χ2n) is 5.52. The molecule has 1 heterocycles. The summed E-state index contributed by atoms with van der Waals surface area (Å²) >= 11 is 5.45. The number of ketones is 1. The summed E-state index contributed by atoms with van der Waals surface area (Å²) in [5, 5.41) is -0.318. The van der Waals surface area contributed by atoms with E-state index in [-0.39, 0.29) is 0 Å². The van der Waals surface area contributed by atoms with Gasteiger partial charge in [0.05, 0.1) is 12.7 Å². The van der Waals surface area contributed by atoms with Gasteiger partial charge >= 0.3 is 0 Å². The molecule has 0 radical (unpaired) electrons. The van der Waals surface area contributed by atoms with Crippen LogP contribution in [0.3, 0.4) is 0 Å². The van der Waals surface area contributed by atoms with Crippen LogP contribution in [0.5, 0.6) is 5.75 Å². The molecule has 1 aromatic heterocycles. The predicted octanol–water partition coefficient (Wildman–Crippen LogP) is 6.01. The lowest BCUT2D eigenvalue weighted by molar-refractivity contribution is -0.108. The number of methoxy groups -OCH3 is 1. The second kappa shape index (κ2) is 11.3. The summed E-state index contributed by atoms with van der Waals surface area (Å²) in [7, 11) is 1.56. The first kappa shape index (κ1) is 23.4. The van der Waals surface area contributed by atoms with Crippen molar-refractivity contribution in [2.45, 2.75) is 41.2 Å². The minimum Gasteiger partial charge on any atom is -0.497 e. The third-order valence-corrected chi connectivity index (χ3v) is 4.29. The SMILES string of the molecule is CC.CC.COc1ccc2c(c1)c(C(=O)C(=O)Cl)c(C)n2Cc1ccccc1. The molecule has 3 aromatic rings. The lowest BCUT2D eigenvalue weighted by atomic mass is 10.1. The van der Waals surface area contributed by atoms with Crippen LogP contribution < -0.4 is 4.74 Å². The Balaban J connectivity index is 0.000000921. The Morgan fingerprint density at radius 1 is 1.00 bits per heavy atom. The number of hydrogen-bond donors (Lipinski definition) is 0. The monoisotopic (exact) mass is 401 g/mol. The van der Waals surface area contributed by atoms with E-state index in [9.17, 15) is 9.59 Å². The zero-order chi connectivity index (χ0) is 21.3. The zero-order valence-electron chi connectivity index (χ0n) is 17.4. The first-order chi connectivity index (χ1) is 13.5. The molecular formula is C23H28ClNO3. The van der Waals surface area contributed by atoms with E-state index in [1.165, 1.54) is 0 Å². The molecule has 0 bridgehead atoms. The molecule has 0 unspecified atom stereocenters. The summed E-state index contributed by atoms with van der Waals surface area (Å²) in [5.41, 5.74) is 3.00. The molecule has 4 nitrogen and oxygen atoms in total. The van der Waals surface area contributed by atoms with E-state index in [2.05, 4.69) is 0 Å². The molecule has 0 fully saturated rings. The van der Waals surface area contributed by atoms with E-state index in [1.54, 1.807) is 13.2 Å². The molecule has 3 rings (SSSR count). The van der Waals surface area contributed by atoms with Crippen LogP contribution in [0, 0.1) is 6.92 Å². The van der Waals surface area contributed by atoms with Gasteiger partial charge in [-0.15, -0.1) is 0 Å². The Kier molecular flexibility index (Phi) is 9.46. The van der Waals surface area contributed by atoms with E-state index in [4.69, 9.17) is 16.3 Å². The van der Waals surface area contributed by atoms with Gasteiger partial charge in [0.25, 0.3) is 5.24 Å². The number of benzene rings is 2. The maximum Gasteiger partial charge on any atom is 0.293 e. The van der Waals surface area contributed by atoms with Gasteiger partial charge in [-0.1, -0.05) is 58.0 Å². The van der Waals surface area contributed by atoms with Crippen LogP contribution in [-0.4, -0.2) is 22.7 Å². The number of fused-ring (bicyclic) bond motifs is 1. The summed E-state index contributed by atoms with van der Waals surface area (Å²) in [6.45, 7) is 10.4. The molecule has 0 saturated carbocycles. The maximum absolute atomic E-state index is 12.3. The van der Waals surface area contributed by atoms with Gasteiger partial charge < -0.3 is 9.30 Å². The molecule has 28 heavy (non-hydrogen) atoms. The summed E-state index contributed by atoms with van der Waals surface area (Å²) in [6, 6.07) is 15.4. The van der Waals surface area contributed by atoms with Crippen molar-refractivity contribution in [1.29, 1.82) is 0 Å². The highest BCUT2D eigenvalue weighted by molar-refractivity contribution is 6.83. The maximum atomic E-state index is 12.3. The highest BCUT2D eigenvalue weighted by Gasteiger charge is 2.24. The van der Waals surface area contributed by atoms with Crippen LogP contribution in [0.1, 0.15) is 49.3 Å². The largest absolute Gasteiger partial charge is 0.497 e. The Morgan fingerprint density at radius 3 is 2.14 bits per heavy atom. The van der Waals surface area contributed by atoms with Gasteiger partial charge in [-0.25, -0.2) is 0 Å². The number of Topliss-reactive ketones (excluding diaryl/α,β-unsaturated/α-hetero) is 1. The number of rotatable bonds is 5. The Labute approximate surface area is 172 Å². The minimum absolute atomic E-state index is 0.333. The van der Waals surface area contributed by atoms with Gasteiger partial charge in [0.1, 0.15) is 5.75 Å². The smallest absolute Gasteiger partial charge is 0.293 e. The zero-order valence-corrected chi connectivity index (χ0v) is 18.1. The molecule has 0 aliphatic heterocycles. The molecule has 0 atom stereocenters. The predicted molar refractivity (Wildman–Crippen MR) is 117 cm³/mol. The summed E-state index contributed by atoms with van der Waals surface area (Å²) in [6.07, 6.45) is 0. The van der Waals surface area contributed by atoms with Crippen molar-refractivity contribution in [2.75, 3.05) is 7.11 Å². The fourth-order valence-electron chi connectivity index (χ4n) is 2.94. The van der Waals surface area contributed by atoms with Crippen LogP contribution in [0.4, 0.5) is 0 Å². The van der Waals surface area contributed by atoms with Crippen molar-refractivity contribution >= 4 is 33.5 Å². The molecule has 0 spiro atoms. The number of carbonyl (C=O) groups excluding carboxylic acids is 2. The Hall–Kier alpha value is -2.59. The summed E-state index contributed by atoms with van der Waals surface area (Å²) in [4.78, 5) is 23.7. The number of nitrogens with zero attached hydrogens (tertiary/aromatic N) is 1. The first-order valence-corrected chi connectivity index (χ1v) is 9.85. The van der Waals surface area contributed by atoms with Crippen molar-refractivity contribution in [3.8, 4) is 5.75 Å². The highest BCUT2D eigenvalue weighted by atomic mass is 35.5. The standard InChI is InChI=1S/C19H16ClNO3.2C2H6/c1-12-17(18(22)19(20)23)15-10-14(24-2)8-9-16(15)21(12)11-13-6-4-3-5-7-13;2*1-2/h3-10H,11H2,1-2H3;2*1-2H3. The lowest BCUT2D eigenvalue weighted by Gasteiger charge is -2.09. The molecule has 150 valence electrons. The van der Waals surface area contributed by atoms with Crippen LogP contribution in [-0.2, 0) is 11.3 Å². The minimum atomic E-state index is -0.986. The van der Waals surface area contributed by atoms with E-state index < -0.39 is 11.0 Å². The molecule has 5 heteroatoms. The molecule has 0 aliphatic carbocycles. The number of aromatic nitrogens is 1. The number of carbonyl (C=O) groups is 2. The Bertz CT molecular complexity index is 930. The average molecular weight is 402 g/mol. The first-order valence-electron chi connectivity index (χ1n) is 9.48. The molecule has 2 aromatic carbocycles. The molecule has 0 aliphatic rings. The van der Waals surface area contributed by atoms with E-state index >= 15 is 0 Å². The van der Waals surface area contributed by atoms with Crippen molar-refractivity contribution in [2.24, 2.45) is 0 Å². The molecular weight excluding hydrogens is 374 g/mol. The second-order valence-corrected chi connectivity index (χ2v) is 5.86.